The molecule has 5 nitrogen and oxygen atoms in total. The van der Waals surface area contributed by atoms with Crippen LogP contribution in [0.25, 0.3) is 0 Å². The minimum absolute atomic E-state index is 0.378. The average Bonchev–Trinajstić information content (AvgIpc) is 2.91. The molecule has 0 spiro atoms. The molecule has 20 heavy (non-hydrogen) atoms. The van der Waals surface area contributed by atoms with E-state index in [1.807, 2.05) is 30.5 Å². The topological polar surface area (TPSA) is 71.1 Å². The zero-order chi connectivity index (χ0) is 14.4. The molecule has 0 aliphatic heterocycles. The van der Waals surface area contributed by atoms with Gasteiger partial charge in [0.2, 0.25) is 0 Å². The number of pyridine rings is 1. The summed E-state index contributed by atoms with van der Waals surface area (Å²) in [6.07, 6.45) is 0.722. The van der Waals surface area contributed by atoms with Crippen LogP contribution in [-0.2, 0) is 16.0 Å². The van der Waals surface area contributed by atoms with E-state index in [0.29, 0.717) is 12.4 Å². The summed E-state index contributed by atoms with van der Waals surface area (Å²) < 4.78 is 0. The van der Waals surface area contributed by atoms with E-state index >= 15 is 0 Å². The summed E-state index contributed by atoms with van der Waals surface area (Å²) in [4.78, 5) is 28.5. The molecule has 0 unspecified atom stereocenters. The lowest BCUT2D eigenvalue weighted by molar-refractivity contribution is -0.136. The Hall–Kier alpha value is -2.21. The summed E-state index contributed by atoms with van der Waals surface area (Å²) in [5.41, 5.74) is 0.779. The van der Waals surface area contributed by atoms with E-state index in [2.05, 4.69) is 15.6 Å². The van der Waals surface area contributed by atoms with Crippen LogP contribution in [0.3, 0.4) is 0 Å². The Morgan fingerprint density at radius 2 is 2.05 bits per heavy atom. The Morgan fingerprint density at radius 1 is 1.20 bits per heavy atom. The van der Waals surface area contributed by atoms with Crippen LogP contribution >= 0.6 is 11.3 Å². The van der Waals surface area contributed by atoms with Gasteiger partial charge in [0.05, 0.1) is 0 Å². The number of amides is 2. The Balaban J connectivity index is 1.78. The number of hydrogen-bond donors (Lipinski definition) is 2. The number of nitrogens with zero attached hydrogens (tertiary/aromatic N) is 1. The summed E-state index contributed by atoms with van der Waals surface area (Å²) in [6, 6.07) is 9.18. The third kappa shape index (κ3) is 4.17. The molecule has 0 saturated heterocycles. The van der Waals surface area contributed by atoms with Gasteiger partial charge in [0, 0.05) is 17.1 Å². The summed E-state index contributed by atoms with van der Waals surface area (Å²) in [5, 5.41) is 7.03. The van der Waals surface area contributed by atoms with Gasteiger partial charge in [0.15, 0.2) is 0 Å². The zero-order valence-corrected chi connectivity index (χ0v) is 11.9. The highest BCUT2D eigenvalue weighted by molar-refractivity contribution is 7.09. The molecule has 0 aliphatic rings. The highest BCUT2D eigenvalue weighted by atomic mass is 32.1. The van der Waals surface area contributed by atoms with E-state index < -0.39 is 11.8 Å². The molecule has 0 bridgehead atoms. The van der Waals surface area contributed by atoms with Gasteiger partial charge in [-0.2, -0.15) is 0 Å². The van der Waals surface area contributed by atoms with Crippen molar-refractivity contribution in [2.24, 2.45) is 0 Å². The molecule has 0 fully saturated rings. The van der Waals surface area contributed by atoms with E-state index in [4.69, 9.17) is 0 Å². The molecule has 2 N–H and O–H groups in total. The molecule has 0 aromatic carbocycles. The number of nitrogens with one attached hydrogen (secondary N) is 2. The van der Waals surface area contributed by atoms with Crippen LogP contribution in [0, 0.1) is 6.92 Å². The summed E-state index contributed by atoms with van der Waals surface area (Å²) >= 11 is 1.63. The van der Waals surface area contributed by atoms with Gasteiger partial charge in [0.25, 0.3) is 0 Å². The highest BCUT2D eigenvalue weighted by Gasteiger charge is 2.13. The highest BCUT2D eigenvalue weighted by Crippen LogP contribution is 2.08. The van der Waals surface area contributed by atoms with E-state index in [1.165, 1.54) is 4.88 Å². The van der Waals surface area contributed by atoms with Gasteiger partial charge < -0.3 is 10.6 Å². The predicted octanol–water partition coefficient (Wildman–Crippen LogP) is 1.75. The minimum Gasteiger partial charge on any atom is -0.347 e. The number of rotatable bonds is 4. The van der Waals surface area contributed by atoms with E-state index in [-0.39, 0.29) is 0 Å². The van der Waals surface area contributed by atoms with Crippen LogP contribution in [0.2, 0.25) is 0 Å². The van der Waals surface area contributed by atoms with Gasteiger partial charge >= 0.3 is 11.8 Å². The molecule has 104 valence electrons. The van der Waals surface area contributed by atoms with Crippen LogP contribution in [0.4, 0.5) is 5.82 Å². The normalized spacial score (nSPS) is 10.1. The average molecular weight is 289 g/mol. The third-order valence-electron chi connectivity index (χ3n) is 2.57. The first-order chi connectivity index (χ1) is 9.65. The number of carbonyl (C=O) groups excluding carboxylic acids is 2. The maximum Gasteiger partial charge on any atom is 0.314 e. The molecule has 0 atom stereocenters. The number of hydrogen-bond acceptors (Lipinski definition) is 4. The second kappa shape index (κ2) is 6.81. The van der Waals surface area contributed by atoms with Crippen molar-refractivity contribution < 1.29 is 9.59 Å². The monoisotopic (exact) mass is 289 g/mol. The smallest absolute Gasteiger partial charge is 0.314 e. The minimum atomic E-state index is -0.700. The Kier molecular flexibility index (Phi) is 4.84. The van der Waals surface area contributed by atoms with Gasteiger partial charge in [-0.1, -0.05) is 12.1 Å². The second-order valence-corrected chi connectivity index (χ2v) is 5.24. The first kappa shape index (κ1) is 14.2. The molecular formula is C14H15N3O2S. The van der Waals surface area contributed by atoms with Crippen molar-refractivity contribution in [3.8, 4) is 0 Å². The Morgan fingerprint density at radius 3 is 2.75 bits per heavy atom. The standard InChI is InChI=1S/C14H15N3O2S/c1-10-4-2-6-12(16-10)17-14(19)13(18)15-8-7-11-5-3-9-20-11/h2-6,9H,7-8H2,1H3,(H,15,18)(H,16,17,19). The molecule has 6 heteroatoms. The number of thiophene rings is 1. The zero-order valence-electron chi connectivity index (χ0n) is 11.1. The van der Waals surface area contributed by atoms with Crippen molar-refractivity contribution in [3.05, 3.63) is 46.3 Å². The fourth-order valence-corrected chi connectivity index (χ4v) is 2.33. The molecule has 0 radical (unpaired) electrons. The lowest BCUT2D eigenvalue weighted by Crippen LogP contribution is -2.36. The first-order valence-electron chi connectivity index (χ1n) is 6.20. The number of anilines is 1. The summed E-state index contributed by atoms with van der Waals surface area (Å²) in [5.74, 6) is -0.970. The maximum absolute atomic E-state index is 11.7. The second-order valence-electron chi connectivity index (χ2n) is 4.20. The van der Waals surface area contributed by atoms with Crippen molar-refractivity contribution >= 4 is 29.0 Å². The van der Waals surface area contributed by atoms with Gasteiger partial charge in [-0.3, -0.25) is 9.59 Å². The number of aryl methyl sites for hydroxylation is 1. The number of aromatic nitrogens is 1. The lowest BCUT2D eigenvalue weighted by Gasteiger charge is -2.05. The lowest BCUT2D eigenvalue weighted by atomic mass is 10.3. The molecule has 2 amide bonds. The molecule has 2 aromatic rings. The Labute approximate surface area is 121 Å². The number of carbonyl (C=O) groups is 2. The fourth-order valence-electron chi connectivity index (χ4n) is 1.62. The van der Waals surface area contributed by atoms with E-state index in [9.17, 15) is 9.59 Å². The van der Waals surface area contributed by atoms with Crippen molar-refractivity contribution in [2.75, 3.05) is 11.9 Å². The summed E-state index contributed by atoms with van der Waals surface area (Å²) in [6.45, 7) is 2.25. The predicted molar refractivity (Wildman–Crippen MR) is 78.6 cm³/mol. The maximum atomic E-state index is 11.7. The van der Waals surface area contributed by atoms with Crippen LogP contribution in [0.1, 0.15) is 10.6 Å². The quantitative estimate of drug-likeness (QED) is 0.842. The van der Waals surface area contributed by atoms with E-state index in [1.54, 1.807) is 23.5 Å². The largest absolute Gasteiger partial charge is 0.347 e. The van der Waals surface area contributed by atoms with Crippen molar-refractivity contribution in [3.63, 3.8) is 0 Å². The van der Waals surface area contributed by atoms with Gasteiger partial charge in [0.1, 0.15) is 5.82 Å². The molecule has 2 aromatic heterocycles. The van der Waals surface area contributed by atoms with Crippen molar-refractivity contribution in [1.82, 2.24) is 10.3 Å². The molecule has 2 rings (SSSR count). The van der Waals surface area contributed by atoms with Crippen LogP contribution in [0.5, 0.6) is 0 Å². The molecule has 2 heterocycles. The van der Waals surface area contributed by atoms with Crippen LogP contribution < -0.4 is 10.6 Å². The van der Waals surface area contributed by atoms with E-state index in [0.717, 1.165) is 12.1 Å². The van der Waals surface area contributed by atoms with Gasteiger partial charge in [-0.15, -0.1) is 11.3 Å². The molecular weight excluding hydrogens is 274 g/mol. The molecule has 0 aliphatic carbocycles. The SMILES string of the molecule is Cc1cccc(NC(=O)C(=O)NCCc2cccs2)n1. The summed E-state index contributed by atoms with van der Waals surface area (Å²) in [7, 11) is 0. The van der Waals surface area contributed by atoms with Gasteiger partial charge in [-0.25, -0.2) is 4.98 Å². The van der Waals surface area contributed by atoms with Gasteiger partial charge in [-0.05, 0) is 36.9 Å². The van der Waals surface area contributed by atoms with Crippen LogP contribution in [0.15, 0.2) is 35.7 Å². The molecule has 0 saturated carbocycles. The van der Waals surface area contributed by atoms with Crippen LogP contribution in [-0.4, -0.2) is 23.3 Å². The fraction of sp³-hybridized carbons (Fsp3) is 0.214. The van der Waals surface area contributed by atoms with Crippen molar-refractivity contribution in [1.29, 1.82) is 0 Å². The first-order valence-corrected chi connectivity index (χ1v) is 7.08. The Bertz CT molecular complexity index is 596. The van der Waals surface area contributed by atoms with Crippen molar-refractivity contribution in [2.45, 2.75) is 13.3 Å². The third-order valence-corrected chi connectivity index (χ3v) is 3.51.